The van der Waals surface area contributed by atoms with Crippen LogP contribution in [0.1, 0.15) is 30.4 Å². The molecular formula is C13H19N3. The first kappa shape index (κ1) is 11.1. The molecule has 0 bridgehead atoms. The van der Waals surface area contributed by atoms with Gasteiger partial charge in [0.25, 0.3) is 0 Å². The normalized spacial score (nSPS) is 17.2. The lowest BCUT2D eigenvalue weighted by Gasteiger charge is -2.26. The van der Waals surface area contributed by atoms with Crippen molar-refractivity contribution in [3.63, 3.8) is 0 Å². The molecule has 3 heteroatoms. The van der Waals surface area contributed by atoms with Gasteiger partial charge in [-0.05, 0) is 31.5 Å². The Bertz CT molecular complexity index is 350. The molecule has 1 aromatic carbocycles. The van der Waals surface area contributed by atoms with Crippen LogP contribution in [0.2, 0.25) is 0 Å². The van der Waals surface area contributed by atoms with Gasteiger partial charge in [0.15, 0.2) is 0 Å². The number of nitrogens with zero attached hydrogens (tertiary/aromatic N) is 1. The first-order valence-electron chi connectivity index (χ1n) is 5.91. The summed E-state index contributed by atoms with van der Waals surface area (Å²) in [6.45, 7) is 3.46. The van der Waals surface area contributed by atoms with Crippen LogP contribution < -0.4 is 5.73 Å². The number of hydrogen-bond donors (Lipinski definition) is 2. The van der Waals surface area contributed by atoms with E-state index >= 15 is 0 Å². The summed E-state index contributed by atoms with van der Waals surface area (Å²) in [5, 5.41) is 7.33. The van der Waals surface area contributed by atoms with E-state index in [0.29, 0.717) is 0 Å². The third kappa shape index (κ3) is 2.83. The zero-order valence-electron chi connectivity index (χ0n) is 9.58. The molecule has 1 fully saturated rings. The van der Waals surface area contributed by atoms with Crippen molar-refractivity contribution in [2.24, 2.45) is 5.73 Å². The number of benzene rings is 1. The van der Waals surface area contributed by atoms with Crippen LogP contribution in [0.3, 0.4) is 0 Å². The molecule has 0 unspecified atom stereocenters. The van der Waals surface area contributed by atoms with Crippen molar-refractivity contribution in [3.8, 4) is 0 Å². The summed E-state index contributed by atoms with van der Waals surface area (Å²) >= 11 is 0. The standard InChI is InChI=1S/C13H19N3/c14-13(15)12-6-4-11(5-7-12)10-16-8-2-1-3-9-16/h4-7H,1-3,8-10H2,(H3,14,15). The monoisotopic (exact) mass is 217 g/mol. The molecule has 0 aliphatic carbocycles. The quantitative estimate of drug-likeness (QED) is 0.600. The Kier molecular flexibility index (Phi) is 3.57. The summed E-state index contributed by atoms with van der Waals surface area (Å²) in [5.41, 5.74) is 7.54. The minimum absolute atomic E-state index is 0.143. The van der Waals surface area contributed by atoms with Crippen LogP contribution in [0.25, 0.3) is 0 Å². The maximum atomic E-state index is 7.33. The predicted octanol–water partition coefficient (Wildman–Crippen LogP) is 1.96. The molecule has 3 N–H and O–H groups in total. The molecule has 16 heavy (non-hydrogen) atoms. The van der Waals surface area contributed by atoms with E-state index in [4.69, 9.17) is 11.1 Å². The van der Waals surface area contributed by atoms with Crippen molar-refractivity contribution in [2.45, 2.75) is 25.8 Å². The molecule has 1 aliphatic rings. The molecule has 86 valence electrons. The number of likely N-dealkylation sites (tertiary alicyclic amines) is 1. The van der Waals surface area contributed by atoms with Crippen molar-refractivity contribution in [1.29, 1.82) is 5.41 Å². The van der Waals surface area contributed by atoms with Crippen LogP contribution in [0, 0.1) is 5.41 Å². The first-order valence-corrected chi connectivity index (χ1v) is 5.91. The third-order valence-electron chi connectivity index (χ3n) is 3.12. The number of nitrogens with one attached hydrogen (secondary N) is 1. The topological polar surface area (TPSA) is 53.1 Å². The van der Waals surface area contributed by atoms with Crippen LogP contribution in [0.5, 0.6) is 0 Å². The fourth-order valence-electron chi connectivity index (χ4n) is 2.17. The van der Waals surface area contributed by atoms with Crippen LogP contribution in [0.15, 0.2) is 24.3 Å². The number of hydrogen-bond acceptors (Lipinski definition) is 2. The lowest BCUT2D eigenvalue weighted by molar-refractivity contribution is 0.221. The zero-order chi connectivity index (χ0) is 11.4. The Hall–Kier alpha value is -1.35. The van der Waals surface area contributed by atoms with Gasteiger partial charge in [0.05, 0.1) is 0 Å². The predicted molar refractivity (Wildman–Crippen MR) is 66.6 cm³/mol. The van der Waals surface area contributed by atoms with Crippen molar-refractivity contribution in [3.05, 3.63) is 35.4 Å². The van der Waals surface area contributed by atoms with Gasteiger partial charge in [-0.2, -0.15) is 0 Å². The van der Waals surface area contributed by atoms with Crippen LogP contribution >= 0.6 is 0 Å². The van der Waals surface area contributed by atoms with E-state index in [9.17, 15) is 0 Å². The van der Waals surface area contributed by atoms with Crippen molar-refractivity contribution in [1.82, 2.24) is 4.90 Å². The number of amidine groups is 1. The highest BCUT2D eigenvalue weighted by atomic mass is 15.1. The molecule has 1 saturated heterocycles. The molecule has 0 aromatic heterocycles. The Morgan fingerprint density at radius 1 is 1.12 bits per heavy atom. The number of piperidine rings is 1. The van der Waals surface area contributed by atoms with E-state index in [1.807, 2.05) is 12.1 Å². The van der Waals surface area contributed by atoms with Crippen LogP contribution in [-0.4, -0.2) is 23.8 Å². The number of nitrogen functional groups attached to an aromatic ring is 1. The maximum absolute atomic E-state index is 7.33. The van der Waals surface area contributed by atoms with E-state index in [1.54, 1.807) is 0 Å². The molecule has 1 aliphatic heterocycles. The van der Waals surface area contributed by atoms with E-state index in [2.05, 4.69) is 17.0 Å². The fourth-order valence-corrected chi connectivity index (χ4v) is 2.17. The van der Waals surface area contributed by atoms with Crippen molar-refractivity contribution >= 4 is 5.84 Å². The minimum atomic E-state index is 0.143. The maximum Gasteiger partial charge on any atom is 0.122 e. The summed E-state index contributed by atoms with van der Waals surface area (Å²) in [6, 6.07) is 8.01. The van der Waals surface area contributed by atoms with E-state index in [1.165, 1.54) is 37.9 Å². The second-order valence-corrected chi connectivity index (χ2v) is 4.45. The lowest BCUT2D eigenvalue weighted by Crippen LogP contribution is -2.29. The highest BCUT2D eigenvalue weighted by molar-refractivity contribution is 5.94. The van der Waals surface area contributed by atoms with Crippen LogP contribution in [0.4, 0.5) is 0 Å². The van der Waals surface area contributed by atoms with Crippen LogP contribution in [-0.2, 0) is 6.54 Å². The first-order chi connectivity index (χ1) is 7.75. The molecular weight excluding hydrogens is 198 g/mol. The molecule has 0 saturated carbocycles. The van der Waals surface area contributed by atoms with Gasteiger partial charge in [0, 0.05) is 12.1 Å². The van der Waals surface area contributed by atoms with Crippen molar-refractivity contribution in [2.75, 3.05) is 13.1 Å². The molecule has 0 atom stereocenters. The minimum Gasteiger partial charge on any atom is -0.384 e. The van der Waals surface area contributed by atoms with Gasteiger partial charge in [-0.1, -0.05) is 30.7 Å². The molecule has 2 rings (SSSR count). The Labute approximate surface area is 96.8 Å². The average molecular weight is 217 g/mol. The third-order valence-corrected chi connectivity index (χ3v) is 3.12. The van der Waals surface area contributed by atoms with Gasteiger partial charge in [0.2, 0.25) is 0 Å². The van der Waals surface area contributed by atoms with E-state index in [-0.39, 0.29) is 5.84 Å². The summed E-state index contributed by atoms with van der Waals surface area (Å²) in [5.74, 6) is 0.143. The Balaban J connectivity index is 1.96. The van der Waals surface area contributed by atoms with Gasteiger partial charge in [-0.3, -0.25) is 10.3 Å². The SMILES string of the molecule is N=C(N)c1ccc(CN2CCCCC2)cc1. The molecule has 0 spiro atoms. The van der Waals surface area contributed by atoms with Gasteiger partial charge in [-0.25, -0.2) is 0 Å². The molecule has 0 radical (unpaired) electrons. The van der Waals surface area contributed by atoms with Gasteiger partial charge in [-0.15, -0.1) is 0 Å². The van der Waals surface area contributed by atoms with Gasteiger partial charge >= 0.3 is 0 Å². The zero-order valence-corrected chi connectivity index (χ0v) is 9.58. The molecule has 0 amide bonds. The second kappa shape index (κ2) is 5.12. The number of rotatable bonds is 3. The second-order valence-electron chi connectivity index (χ2n) is 4.45. The smallest absolute Gasteiger partial charge is 0.122 e. The van der Waals surface area contributed by atoms with Crippen molar-refractivity contribution < 1.29 is 0 Å². The van der Waals surface area contributed by atoms with Gasteiger partial charge in [0.1, 0.15) is 5.84 Å². The fraction of sp³-hybridized carbons (Fsp3) is 0.462. The molecule has 1 aromatic rings. The molecule has 3 nitrogen and oxygen atoms in total. The van der Waals surface area contributed by atoms with E-state index < -0.39 is 0 Å². The van der Waals surface area contributed by atoms with E-state index in [0.717, 1.165) is 12.1 Å². The number of nitrogens with two attached hydrogens (primary N) is 1. The lowest BCUT2D eigenvalue weighted by atomic mass is 10.1. The Morgan fingerprint density at radius 3 is 2.31 bits per heavy atom. The largest absolute Gasteiger partial charge is 0.384 e. The summed E-state index contributed by atoms with van der Waals surface area (Å²) in [7, 11) is 0. The highest BCUT2D eigenvalue weighted by Crippen LogP contribution is 2.13. The highest BCUT2D eigenvalue weighted by Gasteiger charge is 2.10. The Morgan fingerprint density at radius 2 is 1.75 bits per heavy atom. The molecule has 1 heterocycles. The van der Waals surface area contributed by atoms with Gasteiger partial charge < -0.3 is 5.73 Å². The summed E-state index contributed by atoms with van der Waals surface area (Å²) in [6.07, 6.45) is 4.02. The summed E-state index contributed by atoms with van der Waals surface area (Å²) < 4.78 is 0. The average Bonchev–Trinajstić information content (AvgIpc) is 2.31. The summed E-state index contributed by atoms with van der Waals surface area (Å²) in [4.78, 5) is 2.49.